The Bertz CT molecular complexity index is 1480. The van der Waals surface area contributed by atoms with Crippen LogP contribution in [0.4, 0.5) is 0 Å². The molecule has 2 atom stereocenters. The van der Waals surface area contributed by atoms with Crippen molar-refractivity contribution in [2.45, 2.75) is 76.5 Å². The SMILES string of the molecule is CCC12CC3(c4ccc(O)c(-c5ccccc5)c4)CC(c4ccc(O)c(-c5ccccc5)c4)(C1)CC(C(C)C)(C2)C3. The highest BCUT2D eigenvalue weighted by atomic mass is 16.3. The molecule has 0 radical (unpaired) electrons. The molecule has 4 aromatic carbocycles. The van der Waals surface area contributed by atoms with Crippen molar-refractivity contribution in [2.75, 3.05) is 0 Å². The van der Waals surface area contributed by atoms with Crippen molar-refractivity contribution < 1.29 is 10.2 Å². The Kier molecular flexibility index (Phi) is 5.95. The van der Waals surface area contributed by atoms with Crippen LogP contribution in [-0.4, -0.2) is 10.2 Å². The lowest BCUT2D eigenvalue weighted by Crippen LogP contribution is -2.65. The largest absolute Gasteiger partial charge is 0.507 e. The maximum absolute atomic E-state index is 11.0. The van der Waals surface area contributed by atoms with Gasteiger partial charge in [-0.2, -0.15) is 0 Å². The molecule has 0 amide bonds. The highest BCUT2D eigenvalue weighted by Gasteiger charge is 2.68. The molecule has 0 aliphatic heterocycles. The van der Waals surface area contributed by atoms with E-state index in [0.717, 1.165) is 28.7 Å². The summed E-state index contributed by atoms with van der Waals surface area (Å²) >= 11 is 0. The first kappa shape index (κ1) is 26.4. The zero-order valence-corrected chi connectivity index (χ0v) is 24.7. The number of phenolic OH excluding ortho intramolecular Hbond substituents is 2. The van der Waals surface area contributed by atoms with Crippen molar-refractivity contribution in [2.24, 2.45) is 16.7 Å². The lowest BCUT2D eigenvalue weighted by molar-refractivity contribution is -0.161. The van der Waals surface area contributed by atoms with Gasteiger partial charge in [0.2, 0.25) is 0 Å². The van der Waals surface area contributed by atoms with Crippen LogP contribution in [-0.2, 0) is 10.8 Å². The van der Waals surface area contributed by atoms with Gasteiger partial charge in [-0.1, -0.05) is 100.0 Å². The molecule has 0 spiro atoms. The van der Waals surface area contributed by atoms with Crippen LogP contribution in [0.5, 0.6) is 11.5 Å². The number of hydrogen-bond acceptors (Lipinski definition) is 2. The van der Waals surface area contributed by atoms with Crippen molar-refractivity contribution in [1.29, 1.82) is 0 Å². The summed E-state index contributed by atoms with van der Waals surface area (Å²) in [5, 5.41) is 22.0. The zero-order chi connectivity index (χ0) is 28.5. The Morgan fingerprint density at radius 1 is 0.585 bits per heavy atom. The maximum Gasteiger partial charge on any atom is 0.123 e. The Hall–Kier alpha value is -3.52. The van der Waals surface area contributed by atoms with Crippen LogP contribution < -0.4 is 0 Å². The van der Waals surface area contributed by atoms with E-state index in [4.69, 9.17) is 0 Å². The van der Waals surface area contributed by atoms with E-state index in [0.29, 0.717) is 17.4 Å². The van der Waals surface area contributed by atoms with E-state index in [1.165, 1.54) is 49.7 Å². The van der Waals surface area contributed by atoms with Crippen LogP contribution in [0.2, 0.25) is 0 Å². The van der Waals surface area contributed by atoms with Gasteiger partial charge < -0.3 is 10.2 Å². The van der Waals surface area contributed by atoms with E-state index in [1.54, 1.807) is 0 Å². The fourth-order valence-corrected chi connectivity index (χ4v) is 9.96. The second-order valence-corrected chi connectivity index (χ2v) is 14.2. The average molecular weight is 543 g/mol. The van der Waals surface area contributed by atoms with Crippen LogP contribution in [0.3, 0.4) is 0 Å². The summed E-state index contributed by atoms with van der Waals surface area (Å²) in [5.74, 6) is 1.30. The van der Waals surface area contributed by atoms with Gasteiger partial charge in [0, 0.05) is 11.1 Å². The topological polar surface area (TPSA) is 40.5 Å². The fourth-order valence-electron chi connectivity index (χ4n) is 9.96. The summed E-state index contributed by atoms with van der Waals surface area (Å²) in [6, 6.07) is 33.7. The third-order valence-electron chi connectivity index (χ3n) is 11.6. The number of phenols is 2. The Labute approximate surface area is 245 Å². The Morgan fingerprint density at radius 3 is 1.46 bits per heavy atom. The van der Waals surface area contributed by atoms with E-state index in [1.807, 2.05) is 24.3 Å². The summed E-state index contributed by atoms with van der Waals surface area (Å²) in [5.41, 5.74) is 7.46. The van der Waals surface area contributed by atoms with Crippen molar-refractivity contribution in [1.82, 2.24) is 0 Å². The van der Waals surface area contributed by atoms with Crippen LogP contribution in [0.25, 0.3) is 22.3 Å². The number of hydrogen-bond donors (Lipinski definition) is 2. The van der Waals surface area contributed by atoms with Crippen LogP contribution >= 0.6 is 0 Å². The molecule has 8 rings (SSSR count). The summed E-state index contributed by atoms with van der Waals surface area (Å²) in [7, 11) is 0. The smallest absolute Gasteiger partial charge is 0.123 e. The molecule has 4 aliphatic carbocycles. The van der Waals surface area contributed by atoms with E-state index in [2.05, 4.69) is 93.6 Å². The summed E-state index contributed by atoms with van der Waals surface area (Å²) < 4.78 is 0. The second kappa shape index (κ2) is 9.24. The molecule has 4 fully saturated rings. The molecule has 4 bridgehead atoms. The highest BCUT2D eigenvalue weighted by molar-refractivity contribution is 5.72. The predicted molar refractivity (Wildman–Crippen MR) is 168 cm³/mol. The molecule has 0 aromatic heterocycles. The lowest BCUT2D eigenvalue weighted by atomic mass is 9.32. The van der Waals surface area contributed by atoms with Crippen molar-refractivity contribution >= 4 is 0 Å². The lowest BCUT2D eigenvalue weighted by Gasteiger charge is -2.72. The molecule has 2 unspecified atom stereocenters. The standard InChI is InChI=1S/C39H42O2/c1-4-36-21-37(27(2)3)24-38(22-36,30-15-17-34(40)32(19-30)28-11-7-5-8-12-28)26-39(23-36,25-37)31-16-18-35(41)33(20-31)29-13-9-6-10-14-29/h5-20,27,40-41H,4,21-26H2,1-3H3. The molecule has 4 saturated carbocycles. The Balaban J connectivity index is 1.42. The number of benzene rings is 4. The number of aromatic hydroxyl groups is 2. The normalized spacial score (nSPS) is 30.1. The Morgan fingerprint density at radius 2 is 1.05 bits per heavy atom. The van der Waals surface area contributed by atoms with E-state index >= 15 is 0 Å². The van der Waals surface area contributed by atoms with Crippen molar-refractivity contribution in [3.05, 3.63) is 108 Å². The molecule has 2 N–H and O–H groups in total. The third-order valence-corrected chi connectivity index (χ3v) is 11.6. The van der Waals surface area contributed by atoms with E-state index in [-0.39, 0.29) is 21.7 Å². The molecule has 2 nitrogen and oxygen atoms in total. The van der Waals surface area contributed by atoms with Gasteiger partial charge in [0.15, 0.2) is 0 Å². The van der Waals surface area contributed by atoms with Crippen LogP contribution in [0.1, 0.15) is 76.8 Å². The third kappa shape index (κ3) is 4.05. The van der Waals surface area contributed by atoms with E-state index in [9.17, 15) is 10.2 Å². The van der Waals surface area contributed by atoms with Gasteiger partial charge in [-0.05, 0) is 113 Å². The van der Waals surface area contributed by atoms with Gasteiger partial charge in [-0.15, -0.1) is 0 Å². The first-order valence-electron chi connectivity index (χ1n) is 15.5. The monoisotopic (exact) mass is 542 g/mol. The first-order valence-corrected chi connectivity index (χ1v) is 15.5. The molecule has 210 valence electrons. The van der Waals surface area contributed by atoms with Crippen LogP contribution in [0, 0.1) is 16.7 Å². The van der Waals surface area contributed by atoms with Gasteiger partial charge in [-0.3, -0.25) is 0 Å². The van der Waals surface area contributed by atoms with E-state index < -0.39 is 0 Å². The molecule has 0 saturated heterocycles. The molecule has 41 heavy (non-hydrogen) atoms. The predicted octanol–water partition coefficient (Wildman–Crippen LogP) is 10.0. The summed E-state index contributed by atoms with van der Waals surface area (Å²) in [6.45, 7) is 7.33. The van der Waals surface area contributed by atoms with Crippen molar-refractivity contribution in [3.8, 4) is 33.8 Å². The van der Waals surface area contributed by atoms with Gasteiger partial charge >= 0.3 is 0 Å². The minimum Gasteiger partial charge on any atom is -0.507 e. The molecular formula is C39H42O2. The summed E-state index contributed by atoms with van der Waals surface area (Å²) in [6.07, 6.45) is 8.48. The van der Waals surface area contributed by atoms with Crippen LogP contribution in [0.15, 0.2) is 97.1 Å². The number of rotatable bonds is 6. The molecule has 0 heterocycles. The van der Waals surface area contributed by atoms with Gasteiger partial charge in [0.1, 0.15) is 11.5 Å². The average Bonchev–Trinajstić information content (AvgIpc) is 2.98. The molecule has 4 aromatic rings. The molecule has 4 aliphatic rings. The quantitative estimate of drug-likeness (QED) is 0.254. The maximum atomic E-state index is 11.0. The van der Waals surface area contributed by atoms with Gasteiger partial charge in [0.05, 0.1) is 0 Å². The highest BCUT2D eigenvalue weighted by Crippen LogP contribution is 2.76. The van der Waals surface area contributed by atoms with Gasteiger partial charge in [-0.25, -0.2) is 0 Å². The first-order chi connectivity index (χ1) is 19.7. The zero-order valence-electron chi connectivity index (χ0n) is 24.7. The summed E-state index contributed by atoms with van der Waals surface area (Å²) in [4.78, 5) is 0. The minimum atomic E-state index is 0.0526. The minimum absolute atomic E-state index is 0.0526. The second-order valence-electron chi connectivity index (χ2n) is 14.2. The van der Waals surface area contributed by atoms with Gasteiger partial charge in [0.25, 0.3) is 0 Å². The van der Waals surface area contributed by atoms with Crippen molar-refractivity contribution in [3.63, 3.8) is 0 Å². The molecule has 2 heteroatoms. The molecular weight excluding hydrogens is 500 g/mol. The fraction of sp³-hybridized carbons (Fsp3) is 0.385.